The van der Waals surface area contributed by atoms with Gasteiger partial charge >= 0.3 is 12.1 Å². The van der Waals surface area contributed by atoms with E-state index in [1.165, 1.54) is 5.56 Å². The molecule has 0 amide bonds. The Hall–Kier alpha value is -2.13. The van der Waals surface area contributed by atoms with E-state index in [0.717, 1.165) is 17.3 Å². The Morgan fingerprint density at radius 2 is 1.75 bits per heavy atom. The smallest absolute Gasteiger partial charge is 0.475 e. The molecule has 0 aliphatic heterocycles. The molecule has 2 unspecified atom stereocenters. The number of alkyl halides is 3. The van der Waals surface area contributed by atoms with Crippen LogP contribution in [0.15, 0.2) is 28.8 Å². The van der Waals surface area contributed by atoms with Gasteiger partial charge in [0.1, 0.15) is 0 Å². The Balaban J connectivity index is 0.000000480. The Bertz CT molecular complexity index is 749. The maximum atomic E-state index is 10.6. The number of aliphatic carboxylic acids is 1. The lowest BCUT2D eigenvalue weighted by atomic mass is 10.1. The van der Waals surface area contributed by atoms with Gasteiger partial charge in [-0.3, -0.25) is 0 Å². The summed E-state index contributed by atoms with van der Waals surface area (Å²) in [7, 11) is 0. The molecule has 1 heterocycles. The van der Waals surface area contributed by atoms with E-state index in [1.807, 2.05) is 19.1 Å². The summed E-state index contributed by atoms with van der Waals surface area (Å²) in [6.45, 7) is 8.28. The molecule has 28 heavy (non-hydrogen) atoms. The predicted octanol–water partition coefficient (Wildman–Crippen LogP) is 4.76. The molecule has 0 radical (unpaired) electrons. The minimum absolute atomic E-state index is 0.0345. The lowest BCUT2D eigenvalue weighted by Crippen LogP contribution is -2.30. The second-order valence-corrected chi connectivity index (χ2v) is 7.00. The summed E-state index contributed by atoms with van der Waals surface area (Å²) in [6.07, 6.45) is -4.16. The Labute approximate surface area is 166 Å². The standard InChI is InChI=1S/C16H22ClN3O.C2HF3O2/c1-10(2)15-19-16(21-20-15)12(4)18-11(3)9-13-5-7-14(17)8-6-13;3-2(4,5)1(6)7/h5-8,10-12,18H,9H2,1-4H3;(H,6,7). The van der Waals surface area contributed by atoms with E-state index in [0.29, 0.717) is 11.9 Å². The summed E-state index contributed by atoms with van der Waals surface area (Å²) >= 11 is 5.90. The number of carboxylic acid groups (broad SMARTS) is 1. The van der Waals surface area contributed by atoms with Gasteiger partial charge in [-0.15, -0.1) is 0 Å². The number of halogens is 4. The molecule has 6 nitrogen and oxygen atoms in total. The van der Waals surface area contributed by atoms with Gasteiger partial charge in [-0.05, 0) is 38.0 Å². The zero-order valence-electron chi connectivity index (χ0n) is 15.9. The molecule has 2 atom stereocenters. The Morgan fingerprint density at radius 3 is 2.18 bits per heavy atom. The minimum atomic E-state index is -5.08. The second-order valence-electron chi connectivity index (χ2n) is 6.57. The molecule has 0 saturated carbocycles. The third kappa shape index (κ3) is 8.26. The Morgan fingerprint density at radius 1 is 1.21 bits per heavy atom. The van der Waals surface area contributed by atoms with E-state index < -0.39 is 12.1 Å². The first-order valence-electron chi connectivity index (χ1n) is 8.54. The van der Waals surface area contributed by atoms with Gasteiger partial charge in [0.25, 0.3) is 0 Å². The summed E-state index contributed by atoms with van der Waals surface area (Å²) in [4.78, 5) is 13.3. The largest absolute Gasteiger partial charge is 0.490 e. The maximum absolute atomic E-state index is 10.6. The lowest BCUT2D eigenvalue weighted by molar-refractivity contribution is -0.192. The third-order valence-corrected chi connectivity index (χ3v) is 3.83. The van der Waals surface area contributed by atoms with Crippen LogP contribution in [0.1, 0.15) is 56.9 Å². The highest BCUT2D eigenvalue weighted by Crippen LogP contribution is 2.17. The fraction of sp³-hybridized carbons (Fsp3) is 0.500. The molecule has 2 rings (SSSR count). The molecular weight excluding hydrogens is 399 g/mol. The van der Waals surface area contributed by atoms with Crippen molar-refractivity contribution in [2.75, 3.05) is 0 Å². The summed E-state index contributed by atoms with van der Waals surface area (Å²) in [5.74, 6) is -1.08. The van der Waals surface area contributed by atoms with Crippen LogP contribution in [0.5, 0.6) is 0 Å². The highest BCUT2D eigenvalue weighted by molar-refractivity contribution is 6.30. The van der Waals surface area contributed by atoms with Gasteiger partial charge < -0.3 is 14.9 Å². The molecule has 0 spiro atoms. The van der Waals surface area contributed by atoms with E-state index in [-0.39, 0.29) is 12.0 Å². The van der Waals surface area contributed by atoms with Crippen molar-refractivity contribution in [1.29, 1.82) is 0 Å². The van der Waals surface area contributed by atoms with Gasteiger partial charge in [-0.2, -0.15) is 18.2 Å². The summed E-state index contributed by atoms with van der Waals surface area (Å²) in [5.41, 5.74) is 1.25. The Kier molecular flexibility index (Phi) is 8.90. The van der Waals surface area contributed by atoms with Crippen LogP contribution in [-0.4, -0.2) is 33.4 Å². The normalized spacial score (nSPS) is 13.6. The van der Waals surface area contributed by atoms with Gasteiger partial charge in [-0.1, -0.05) is 42.7 Å². The summed E-state index contributed by atoms with van der Waals surface area (Å²) < 4.78 is 37.0. The number of aromatic nitrogens is 2. The number of nitrogens with one attached hydrogen (secondary N) is 1. The number of hydrogen-bond donors (Lipinski definition) is 2. The average molecular weight is 422 g/mol. The first kappa shape index (κ1) is 23.9. The van der Waals surface area contributed by atoms with Crippen LogP contribution in [0.2, 0.25) is 5.02 Å². The fourth-order valence-electron chi connectivity index (χ4n) is 2.19. The van der Waals surface area contributed by atoms with Crippen molar-refractivity contribution in [3.63, 3.8) is 0 Å². The zero-order chi connectivity index (χ0) is 21.5. The van der Waals surface area contributed by atoms with Gasteiger partial charge in [0.05, 0.1) is 6.04 Å². The van der Waals surface area contributed by atoms with Crippen molar-refractivity contribution in [3.05, 3.63) is 46.6 Å². The first-order chi connectivity index (χ1) is 12.9. The zero-order valence-corrected chi connectivity index (χ0v) is 16.7. The topological polar surface area (TPSA) is 88.3 Å². The van der Waals surface area contributed by atoms with Crippen LogP contribution in [0.3, 0.4) is 0 Å². The summed E-state index contributed by atoms with van der Waals surface area (Å²) in [5, 5.41) is 15.4. The SMILES string of the molecule is CC(Cc1ccc(Cl)cc1)NC(C)c1nc(C(C)C)no1.O=C(O)C(F)(F)F. The maximum Gasteiger partial charge on any atom is 0.490 e. The van der Waals surface area contributed by atoms with Crippen molar-refractivity contribution in [2.45, 2.75) is 58.3 Å². The lowest BCUT2D eigenvalue weighted by Gasteiger charge is -2.17. The number of rotatable bonds is 6. The van der Waals surface area contributed by atoms with Gasteiger partial charge in [-0.25, -0.2) is 4.79 Å². The van der Waals surface area contributed by atoms with E-state index in [9.17, 15) is 13.2 Å². The van der Waals surface area contributed by atoms with Crippen molar-refractivity contribution in [1.82, 2.24) is 15.5 Å². The number of hydrogen-bond acceptors (Lipinski definition) is 5. The van der Waals surface area contributed by atoms with E-state index in [4.69, 9.17) is 26.0 Å². The fourth-order valence-corrected chi connectivity index (χ4v) is 2.31. The van der Waals surface area contributed by atoms with Crippen molar-refractivity contribution in [3.8, 4) is 0 Å². The van der Waals surface area contributed by atoms with Gasteiger partial charge in [0, 0.05) is 17.0 Å². The molecule has 0 fully saturated rings. The van der Waals surface area contributed by atoms with E-state index in [1.54, 1.807) is 0 Å². The van der Waals surface area contributed by atoms with Crippen LogP contribution < -0.4 is 5.32 Å². The molecule has 0 aliphatic rings. The highest BCUT2D eigenvalue weighted by Gasteiger charge is 2.38. The predicted molar refractivity (Wildman–Crippen MR) is 98.2 cm³/mol. The quantitative estimate of drug-likeness (QED) is 0.699. The third-order valence-electron chi connectivity index (χ3n) is 3.58. The monoisotopic (exact) mass is 421 g/mol. The van der Waals surface area contributed by atoms with Crippen LogP contribution in [0.25, 0.3) is 0 Å². The molecule has 1 aromatic carbocycles. The van der Waals surface area contributed by atoms with Crippen molar-refractivity contribution >= 4 is 17.6 Å². The molecule has 2 aromatic rings. The number of carbonyl (C=O) groups is 1. The highest BCUT2D eigenvalue weighted by atomic mass is 35.5. The molecule has 0 saturated heterocycles. The molecule has 0 bridgehead atoms. The molecule has 1 aromatic heterocycles. The average Bonchev–Trinajstić information content (AvgIpc) is 3.07. The minimum Gasteiger partial charge on any atom is -0.475 e. The number of benzene rings is 1. The van der Waals surface area contributed by atoms with Crippen molar-refractivity contribution < 1.29 is 27.6 Å². The molecule has 156 valence electrons. The molecule has 2 N–H and O–H groups in total. The molecular formula is C18H23ClF3N3O3. The first-order valence-corrected chi connectivity index (χ1v) is 8.92. The van der Waals surface area contributed by atoms with Gasteiger partial charge in [0.15, 0.2) is 5.82 Å². The summed E-state index contributed by atoms with van der Waals surface area (Å²) in [6, 6.07) is 8.27. The van der Waals surface area contributed by atoms with Crippen LogP contribution in [-0.2, 0) is 11.2 Å². The van der Waals surface area contributed by atoms with E-state index >= 15 is 0 Å². The van der Waals surface area contributed by atoms with E-state index in [2.05, 4.69) is 48.4 Å². The van der Waals surface area contributed by atoms with Crippen LogP contribution >= 0.6 is 11.6 Å². The van der Waals surface area contributed by atoms with Crippen molar-refractivity contribution in [2.24, 2.45) is 0 Å². The molecule has 10 heteroatoms. The van der Waals surface area contributed by atoms with Crippen LogP contribution in [0.4, 0.5) is 13.2 Å². The molecule has 0 aliphatic carbocycles. The second kappa shape index (κ2) is 10.4. The van der Waals surface area contributed by atoms with Gasteiger partial charge in [0.2, 0.25) is 5.89 Å². The number of carboxylic acids is 1. The van der Waals surface area contributed by atoms with Crippen LogP contribution in [0, 0.1) is 0 Å². The number of nitrogens with zero attached hydrogens (tertiary/aromatic N) is 2.